The summed E-state index contributed by atoms with van der Waals surface area (Å²) >= 11 is 0. The van der Waals surface area contributed by atoms with Crippen LogP contribution in [0, 0.1) is 11.2 Å². The Labute approximate surface area is 256 Å². The second kappa shape index (κ2) is 11.5. The SMILES string of the molecule is COc1cc(C(=O)N2CCC3(CCN(C)CC3)C2)c(F)cc1Nc1ncc(C(F)(F)F)c(Oc2cccc3c2C(=O)N(C)C3)n1. The molecule has 0 aliphatic carbocycles. The van der Waals surface area contributed by atoms with E-state index in [1.54, 1.807) is 24.1 Å². The monoisotopic (exact) mass is 628 g/mol. The number of fused-ring (bicyclic) bond motifs is 1. The molecule has 3 aliphatic rings. The van der Waals surface area contributed by atoms with E-state index in [9.17, 15) is 22.8 Å². The second-order valence-corrected chi connectivity index (χ2v) is 11.9. The van der Waals surface area contributed by atoms with Crippen molar-refractivity contribution < 1.29 is 36.6 Å². The Morgan fingerprint density at radius 1 is 1.07 bits per heavy atom. The summed E-state index contributed by atoms with van der Waals surface area (Å²) in [6, 6.07) is 6.92. The van der Waals surface area contributed by atoms with Gasteiger partial charge in [-0.2, -0.15) is 18.2 Å². The van der Waals surface area contributed by atoms with E-state index in [1.807, 2.05) is 0 Å². The van der Waals surface area contributed by atoms with Crippen molar-refractivity contribution >= 4 is 23.5 Å². The predicted octanol–water partition coefficient (Wildman–Crippen LogP) is 5.32. The minimum absolute atomic E-state index is 0.0112. The molecule has 3 aliphatic heterocycles. The lowest BCUT2D eigenvalue weighted by Crippen LogP contribution is -2.40. The van der Waals surface area contributed by atoms with Gasteiger partial charge in [0.25, 0.3) is 11.8 Å². The van der Waals surface area contributed by atoms with Crippen molar-refractivity contribution in [1.82, 2.24) is 24.7 Å². The van der Waals surface area contributed by atoms with E-state index >= 15 is 4.39 Å². The molecule has 2 saturated heterocycles. The number of carbonyl (C=O) groups excluding carboxylic acids is 2. The Morgan fingerprint density at radius 2 is 1.80 bits per heavy atom. The van der Waals surface area contributed by atoms with Crippen LogP contribution in [0.3, 0.4) is 0 Å². The largest absolute Gasteiger partial charge is 0.495 e. The molecule has 1 spiro atoms. The van der Waals surface area contributed by atoms with Crippen LogP contribution in [0.4, 0.5) is 29.2 Å². The number of methoxy groups -OCH3 is 1. The number of nitrogens with zero attached hydrogens (tertiary/aromatic N) is 5. The smallest absolute Gasteiger partial charge is 0.423 e. The van der Waals surface area contributed by atoms with Gasteiger partial charge >= 0.3 is 6.18 Å². The molecule has 1 N–H and O–H groups in total. The number of carbonyl (C=O) groups is 2. The normalized spacial score (nSPS) is 18.0. The minimum Gasteiger partial charge on any atom is -0.495 e. The highest BCUT2D eigenvalue weighted by Gasteiger charge is 2.42. The third kappa shape index (κ3) is 5.86. The van der Waals surface area contributed by atoms with Gasteiger partial charge in [-0.25, -0.2) is 9.37 Å². The first-order chi connectivity index (χ1) is 21.4. The van der Waals surface area contributed by atoms with E-state index in [0.29, 0.717) is 24.8 Å². The summed E-state index contributed by atoms with van der Waals surface area (Å²) in [5, 5.41) is 2.68. The van der Waals surface area contributed by atoms with Gasteiger partial charge in [0, 0.05) is 38.9 Å². The van der Waals surface area contributed by atoms with Crippen LogP contribution in [-0.2, 0) is 12.7 Å². The van der Waals surface area contributed by atoms with E-state index in [2.05, 4.69) is 27.2 Å². The molecule has 0 unspecified atom stereocenters. The Kier molecular flexibility index (Phi) is 7.79. The number of hydrogen-bond donors (Lipinski definition) is 1. The molecule has 2 aromatic carbocycles. The molecule has 0 radical (unpaired) electrons. The van der Waals surface area contributed by atoms with Crippen molar-refractivity contribution in [2.24, 2.45) is 5.41 Å². The Morgan fingerprint density at radius 3 is 2.51 bits per heavy atom. The van der Waals surface area contributed by atoms with Crippen LogP contribution in [0.15, 0.2) is 36.5 Å². The number of rotatable bonds is 6. The van der Waals surface area contributed by atoms with Crippen LogP contribution in [0.25, 0.3) is 0 Å². The number of benzene rings is 2. The van der Waals surface area contributed by atoms with Crippen molar-refractivity contribution in [3.8, 4) is 17.4 Å². The number of hydrogen-bond acceptors (Lipinski definition) is 8. The third-order valence-corrected chi connectivity index (χ3v) is 8.89. The lowest BCUT2D eigenvalue weighted by Gasteiger charge is -2.37. The number of halogens is 4. The molecule has 4 heterocycles. The highest BCUT2D eigenvalue weighted by atomic mass is 19.4. The van der Waals surface area contributed by atoms with Crippen molar-refractivity contribution in [2.75, 3.05) is 52.7 Å². The second-order valence-electron chi connectivity index (χ2n) is 11.9. The van der Waals surface area contributed by atoms with Gasteiger partial charge in [0.2, 0.25) is 11.8 Å². The number of nitrogens with one attached hydrogen (secondary N) is 1. The van der Waals surface area contributed by atoms with Crippen LogP contribution in [0.2, 0.25) is 0 Å². The van der Waals surface area contributed by atoms with Gasteiger partial charge < -0.3 is 29.5 Å². The molecule has 3 aromatic rings. The maximum atomic E-state index is 15.4. The van der Waals surface area contributed by atoms with Crippen molar-refractivity contribution in [2.45, 2.75) is 32.0 Å². The van der Waals surface area contributed by atoms with Crippen LogP contribution in [0.1, 0.15) is 51.1 Å². The van der Waals surface area contributed by atoms with Crippen LogP contribution >= 0.6 is 0 Å². The Bertz CT molecular complexity index is 1660. The van der Waals surface area contributed by atoms with Gasteiger partial charge in [-0.15, -0.1) is 0 Å². The fourth-order valence-corrected chi connectivity index (χ4v) is 6.24. The topological polar surface area (TPSA) is 100 Å². The quantitative estimate of drug-likeness (QED) is 0.366. The molecular weight excluding hydrogens is 596 g/mol. The maximum Gasteiger partial charge on any atom is 0.423 e. The Hall–Kier alpha value is -4.46. The van der Waals surface area contributed by atoms with Crippen LogP contribution < -0.4 is 14.8 Å². The lowest BCUT2D eigenvalue weighted by atomic mass is 9.78. The summed E-state index contributed by atoms with van der Waals surface area (Å²) in [4.78, 5) is 39.1. The summed E-state index contributed by atoms with van der Waals surface area (Å²) in [6.07, 6.45) is -1.53. The van der Waals surface area contributed by atoms with Gasteiger partial charge in [-0.1, -0.05) is 12.1 Å². The van der Waals surface area contributed by atoms with Gasteiger partial charge in [0.05, 0.1) is 23.9 Å². The zero-order valence-corrected chi connectivity index (χ0v) is 25.0. The average Bonchev–Trinajstić information content (AvgIpc) is 3.54. The molecule has 238 valence electrons. The molecule has 6 rings (SSSR count). The Balaban J connectivity index is 1.26. The van der Waals surface area contributed by atoms with Gasteiger partial charge in [0.1, 0.15) is 22.9 Å². The summed E-state index contributed by atoms with van der Waals surface area (Å²) in [5.41, 5.74) is -0.671. The van der Waals surface area contributed by atoms with Crippen molar-refractivity contribution in [3.63, 3.8) is 0 Å². The zero-order chi connectivity index (χ0) is 32.1. The minimum atomic E-state index is -4.87. The van der Waals surface area contributed by atoms with E-state index in [-0.39, 0.29) is 46.2 Å². The van der Waals surface area contributed by atoms with Crippen LogP contribution in [-0.4, -0.2) is 83.9 Å². The summed E-state index contributed by atoms with van der Waals surface area (Å²) in [6.45, 7) is 3.27. The molecule has 14 heteroatoms. The zero-order valence-electron chi connectivity index (χ0n) is 25.0. The number of aromatic nitrogens is 2. The molecule has 2 fully saturated rings. The number of ether oxygens (including phenoxy) is 2. The number of piperidine rings is 1. The number of likely N-dealkylation sites (tertiary alicyclic amines) is 2. The summed E-state index contributed by atoms with van der Waals surface area (Å²) in [5.74, 6) is -2.91. The first kappa shape index (κ1) is 30.6. The molecule has 0 bridgehead atoms. The average molecular weight is 629 g/mol. The van der Waals surface area contributed by atoms with Gasteiger partial charge in [0.15, 0.2) is 0 Å². The lowest BCUT2D eigenvalue weighted by molar-refractivity contribution is -0.139. The first-order valence-electron chi connectivity index (χ1n) is 14.5. The molecule has 0 saturated carbocycles. The highest BCUT2D eigenvalue weighted by Crippen LogP contribution is 2.42. The van der Waals surface area contributed by atoms with Crippen molar-refractivity contribution in [3.05, 3.63) is 64.6 Å². The van der Waals surface area contributed by atoms with Gasteiger partial charge in [-0.05, 0) is 62.5 Å². The third-order valence-electron chi connectivity index (χ3n) is 8.89. The molecule has 10 nitrogen and oxygen atoms in total. The number of amides is 2. The number of alkyl halides is 3. The first-order valence-corrected chi connectivity index (χ1v) is 14.5. The fourth-order valence-electron chi connectivity index (χ4n) is 6.24. The van der Waals surface area contributed by atoms with E-state index in [1.165, 1.54) is 24.1 Å². The van der Waals surface area contributed by atoms with E-state index < -0.39 is 35.3 Å². The summed E-state index contributed by atoms with van der Waals surface area (Å²) < 4.78 is 68.2. The van der Waals surface area contributed by atoms with Crippen LogP contribution in [0.5, 0.6) is 17.4 Å². The van der Waals surface area contributed by atoms with E-state index in [4.69, 9.17) is 9.47 Å². The molecule has 1 aromatic heterocycles. The molecule has 0 atom stereocenters. The predicted molar refractivity (Wildman–Crippen MR) is 155 cm³/mol. The van der Waals surface area contributed by atoms with E-state index in [0.717, 1.165) is 38.4 Å². The highest BCUT2D eigenvalue weighted by molar-refractivity contribution is 6.01. The summed E-state index contributed by atoms with van der Waals surface area (Å²) in [7, 11) is 4.96. The molecule has 2 amide bonds. The fraction of sp³-hybridized carbons (Fsp3) is 0.419. The molecular formula is C31H32F4N6O4. The number of anilines is 2. The molecule has 45 heavy (non-hydrogen) atoms. The van der Waals surface area contributed by atoms with Gasteiger partial charge in [-0.3, -0.25) is 9.59 Å². The standard InChI is InChI=1S/C31H32F4N6O4/c1-39-10-7-30(8-11-39)9-12-41(17-30)27(42)19-13-24(44-3)22(14-21(19)32)37-29-36-15-20(31(33,34)35)26(38-29)45-23-6-4-5-18-16-40(2)28(43)25(18)23/h4-6,13-15H,7-12,16-17H2,1-3H3,(H,36,37,38). The maximum absolute atomic E-state index is 15.4. The van der Waals surface area contributed by atoms with Crippen molar-refractivity contribution in [1.29, 1.82) is 0 Å².